The topological polar surface area (TPSA) is 49.4 Å². The fraction of sp³-hybridized carbons (Fsp3) is 0.0526. The molecule has 0 spiro atoms. The zero-order valence-corrected chi connectivity index (χ0v) is 14.1. The number of sulfone groups is 1. The standard InChI is InChI=1S/C19H18N2O2S/c1-24(22,23)19-14-12-18(13-15-19)21(17-10-6-3-7-11-17)20-16-8-4-2-5-9-16/h2-15,20H,1H3. The van der Waals surface area contributed by atoms with E-state index in [0.29, 0.717) is 4.90 Å². The molecule has 0 aliphatic carbocycles. The summed E-state index contributed by atoms with van der Waals surface area (Å²) in [5.41, 5.74) is 6.09. The molecule has 3 aromatic carbocycles. The molecule has 0 saturated heterocycles. The first-order chi connectivity index (χ1) is 11.5. The van der Waals surface area contributed by atoms with Crippen molar-refractivity contribution in [2.24, 2.45) is 0 Å². The molecule has 0 aromatic heterocycles. The first-order valence-electron chi connectivity index (χ1n) is 7.51. The van der Waals surface area contributed by atoms with Crippen LogP contribution in [-0.2, 0) is 9.84 Å². The smallest absolute Gasteiger partial charge is 0.175 e. The van der Waals surface area contributed by atoms with Crippen LogP contribution < -0.4 is 10.4 Å². The minimum Gasteiger partial charge on any atom is -0.294 e. The molecular weight excluding hydrogens is 320 g/mol. The number of hydrogen-bond donors (Lipinski definition) is 1. The summed E-state index contributed by atoms with van der Waals surface area (Å²) in [6, 6.07) is 26.5. The Balaban J connectivity index is 1.98. The summed E-state index contributed by atoms with van der Waals surface area (Å²) in [6.07, 6.45) is 1.21. The van der Waals surface area contributed by atoms with Gasteiger partial charge in [0, 0.05) is 6.26 Å². The minimum atomic E-state index is -3.21. The summed E-state index contributed by atoms with van der Waals surface area (Å²) in [6.45, 7) is 0. The molecule has 122 valence electrons. The van der Waals surface area contributed by atoms with Crippen molar-refractivity contribution in [3.05, 3.63) is 84.9 Å². The third-order valence-corrected chi connectivity index (χ3v) is 4.68. The molecule has 0 radical (unpaired) electrons. The van der Waals surface area contributed by atoms with Gasteiger partial charge >= 0.3 is 0 Å². The Morgan fingerprint density at radius 3 is 1.75 bits per heavy atom. The molecule has 3 aromatic rings. The summed E-state index contributed by atoms with van der Waals surface area (Å²) >= 11 is 0. The number of benzene rings is 3. The lowest BCUT2D eigenvalue weighted by Gasteiger charge is -2.26. The second-order valence-electron chi connectivity index (χ2n) is 5.41. The third kappa shape index (κ3) is 3.75. The van der Waals surface area contributed by atoms with Gasteiger partial charge in [0.1, 0.15) is 0 Å². The molecule has 3 rings (SSSR count). The number of rotatable bonds is 5. The third-order valence-electron chi connectivity index (χ3n) is 3.55. The fourth-order valence-corrected chi connectivity index (χ4v) is 2.97. The summed E-state index contributed by atoms with van der Waals surface area (Å²) in [5.74, 6) is 0. The lowest BCUT2D eigenvalue weighted by atomic mass is 10.2. The predicted molar refractivity (Wildman–Crippen MR) is 98.2 cm³/mol. The average Bonchev–Trinajstić information content (AvgIpc) is 2.61. The molecule has 1 N–H and O–H groups in total. The van der Waals surface area contributed by atoms with Gasteiger partial charge in [0.05, 0.1) is 22.0 Å². The van der Waals surface area contributed by atoms with Gasteiger partial charge in [0.2, 0.25) is 0 Å². The van der Waals surface area contributed by atoms with Crippen LogP contribution in [0.25, 0.3) is 0 Å². The van der Waals surface area contributed by atoms with Crippen molar-refractivity contribution in [3.8, 4) is 0 Å². The number of hydrogen-bond acceptors (Lipinski definition) is 4. The first-order valence-corrected chi connectivity index (χ1v) is 9.40. The van der Waals surface area contributed by atoms with Crippen molar-refractivity contribution in [2.45, 2.75) is 4.90 Å². The van der Waals surface area contributed by atoms with Crippen LogP contribution in [0.4, 0.5) is 17.1 Å². The van der Waals surface area contributed by atoms with Gasteiger partial charge in [-0.2, -0.15) is 0 Å². The maximum Gasteiger partial charge on any atom is 0.175 e. The van der Waals surface area contributed by atoms with Crippen LogP contribution in [0.15, 0.2) is 89.8 Å². The number of para-hydroxylation sites is 2. The molecule has 5 heteroatoms. The van der Waals surface area contributed by atoms with Crippen LogP contribution in [0.1, 0.15) is 0 Å². The maximum atomic E-state index is 11.6. The summed E-state index contributed by atoms with van der Waals surface area (Å²) in [7, 11) is -3.21. The van der Waals surface area contributed by atoms with Gasteiger partial charge in [-0.1, -0.05) is 36.4 Å². The molecule has 24 heavy (non-hydrogen) atoms. The molecular formula is C19H18N2O2S. The average molecular weight is 338 g/mol. The van der Waals surface area contributed by atoms with Crippen molar-refractivity contribution in [3.63, 3.8) is 0 Å². The Hall–Kier alpha value is -2.79. The Kier molecular flexibility index (Phi) is 4.53. The molecule has 0 aliphatic heterocycles. The highest BCUT2D eigenvalue weighted by Gasteiger charge is 2.12. The van der Waals surface area contributed by atoms with Crippen LogP contribution >= 0.6 is 0 Å². The highest BCUT2D eigenvalue weighted by atomic mass is 32.2. The molecule has 0 saturated carbocycles. The Bertz CT molecular complexity index is 893. The zero-order chi connectivity index (χ0) is 17.0. The van der Waals surface area contributed by atoms with Crippen molar-refractivity contribution in [1.29, 1.82) is 0 Å². The largest absolute Gasteiger partial charge is 0.294 e. The van der Waals surface area contributed by atoms with Gasteiger partial charge in [-0.3, -0.25) is 10.4 Å². The van der Waals surface area contributed by atoms with Crippen LogP contribution in [0.3, 0.4) is 0 Å². The second kappa shape index (κ2) is 6.76. The molecule has 0 bridgehead atoms. The predicted octanol–water partition coefficient (Wildman–Crippen LogP) is 4.26. The van der Waals surface area contributed by atoms with E-state index in [1.165, 1.54) is 6.26 Å². The van der Waals surface area contributed by atoms with E-state index in [2.05, 4.69) is 5.43 Å². The van der Waals surface area contributed by atoms with Crippen LogP contribution in [0.5, 0.6) is 0 Å². The second-order valence-corrected chi connectivity index (χ2v) is 7.43. The number of anilines is 3. The van der Waals surface area contributed by atoms with Gasteiger partial charge < -0.3 is 0 Å². The summed E-state index contributed by atoms with van der Waals surface area (Å²) in [4.78, 5) is 0.305. The van der Waals surface area contributed by atoms with Gasteiger partial charge in [-0.15, -0.1) is 0 Å². The Labute approximate surface area is 142 Å². The molecule has 0 heterocycles. The summed E-state index contributed by atoms with van der Waals surface area (Å²) in [5, 5.41) is 1.92. The van der Waals surface area contributed by atoms with E-state index in [9.17, 15) is 8.42 Å². The number of hydrazine groups is 1. The quantitative estimate of drug-likeness (QED) is 0.706. The van der Waals surface area contributed by atoms with Crippen LogP contribution in [0, 0.1) is 0 Å². The monoisotopic (exact) mass is 338 g/mol. The van der Waals surface area contributed by atoms with Crippen LogP contribution in [0.2, 0.25) is 0 Å². The van der Waals surface area contributed by atoms with Gasteiger partial charge in [-0.25, -0.2) is 8.42 Å². The normalized spacial score (nSPS) is 11.0. The Morgan fingerprint density at radius 1 is 0.708 bits per heavy atom. The van der Waals surface area contributed by atoms with Crippen molar-refractivity contribution < 1.29 is 8.42 Å². The van der Waals surface area contributed by atoms with Gasteiger partial charge in [0.15, 0.2) is 9.84 Å². The van der Waals surface area contributed by atoms with E-state index in [0.717, 1.165) is 17.1 Å². The molecule has 4 nitrogen and oxygen atoms in total. The van der Waals surface area contributed by atoms with Crippen molar-refractivity contribution in [1.82, 2.24) is 0 Å². The fourth-order valence-electron chi connectivity index (χ4n) is 2.34. The summed E-state index contributed by atoms with van der Waals surface area (Å²) < 4.78 is 23.3. The molecule has 0 unspecified atom stereocenters. The highest BCUT2D eigenvalue weighted by Crippen LogP contribution is 2.27. The van der Waals surface area contributed by atoms with Crippen molar-refractivity contribution in [2.75, 3.05) is 16.7 Å². The lowest BCUT2D eigenvalue weighted by Crippen LogP contribution is -2.24. The van der Waals surface area contributed by atoms with E-state index < -0.39 is 9.84 Å². The van der Waals surface area contributed by atoms with E-state index in [1.807, 2.05) is 65.7 Å². The van der Waals surface area contributed by atoms with E-state index in [1.54, 1.807) is 24.3 Å². The minimum absolute atomic E-state index is 0.305. The zero-order valence-electron chi connectivity index (χ0n) is 13.3. The SMILES string of the molecule is CS(=O)(=O)c1ccc(N(Nc2ccccc2)c2ccccc2)cc1. The molecule has 0 amide bonds. The van der Waals surface area contributed by atoms with E-state index in [4.69, 9.17) is 0 Å². The maximum absolute atomic E-state index is 11.6. The van der Waals surface area contributed by atoms with Crippen molar-refractivity contribution >= 4 is 26.9 Å². The Morgan fingerprint density at radius 2 is 1.21 bits per heavy atom. The lowest BCUT2D eigenvalue weighted by molar-refractivity contribution is 0.602. The first kappa shape index (κ1) is 16.1. The molecule has 0 atom stereocenters. The molecule has 0 aliphatic rings. The van der Waals surface area contributed by atoms with E-state index >= 15 is 0 Å². The van der Waals surface area contributed by atoms with Gasteiger partial charge in [0.25, 0.3) is 0 Å². The number of nitrogens with one attached hydrogen (secondary N) is 1. The molecule has 0 fully saturated rings. The highest BCUT2D eigenvalue weighted by molar-refractivity contribution is 7.90. The van der Waals surface area contributed by atoms with E-state index in [-0.39, 0.29) is 0 Å². The van der Waals surface area contributed by atoms with Gasteiger partial charge in [-0.05, 0) is 48.5 Å². The van der Waals surface area contributed by atoms with Crippen LogP contribution in [-0.4, -0.2) is 14.7 Å². The number of nitrogens with zero attached hydrogens (tertiary/aromatic N) is 1.